The van der Waals surface area contributed by atoms with Crippen molar-refractivity contribution in [1.29, 1.82) is 0 Å². The van der Waals surface area contributed by atoms with Crippen molar-refractivity contribution < 1.29 is 9.42 Å². The Labute approximate surface area is 176 Å². The number of amides is 1. The number of rotatable bonds is 6. The molecule has 1 fully saturated rings. The van der Waals surface area contributed by atoms with Gasteiger partial charge in [-0.1, -0.05) is 35.4 Å². The predicted octanol–water partition coefficient (Wildman–Crippen LogP) is 1.64. The summed E-state index contributed by atoms with van der Waals surface area (Å²) < 4.78 is 6.06. The lowest BCUT2D eigenvalue weighted by atomic mass is 10.1. The van der Waals surface area contributed by atoms with E-state index in [0.717, 1.165) is 31.5 Å². The summed E-state index contributed by atoms with van der Waals surface area (Å²) in [5.41, 5.74) is 9.71. The van der Waals surface area contributed by atoms with E-state index >= 15 is 0 Å². The minimum absolute atomic E-state index is 0.0609. The van der Waals surface area contributed by atoms with Gasteiger partial charge in [-0.05, 0) is 53.9 Å². The van der Waals surface area contributed by atoms with Crippen LogP contribution in [0.25, 0.3) is 5.82 Å². The number of likely N-dealkylation sites (tertiary alicyclic amines) is 1. The molecule has 0 radical (unpaired) electrons. The standard InChI is InChI=1S/C18H20ClN9O2/c19-13-6-4-5-12(9-13)10-21-23-18(29)15-14(11-27-7-2-1-3-8-27)28(26-22-15)17-16(20)24-30-25-17/h4-6,9-10H,1-3,7-8,11H2,(H2,20,24)(H,23,29)/b21-10-. The maximum absolute atomic E-state index is 12.8. The highest BCUT2D eigenvalue weighted by atomic mass is 35.5. The first-order chi connectivity index (χ1) is 14.6. The van der Waals surface area contributed by atoms with Crippen LogP contribution in [-0.2, 0) is 6.54 Å². The predicted molar refractivity (Wildman–Crippen MR) is 109 cm³/mol. The molecule has 0 saturated carbocycles. The smallest absolute Gasteiger partial charge is 0.293 e. The number of hydrazone groups is 1. The van der Waals surface area contributed by atoms with Crippen LogP contribution >= 0.6 is 11.6 Å². The summed E-state index contributed by atoms with van der Waals surface area (Å²) in [7, 11) is 0. The normalized spacial score (nSPS) is 15.0. The van der Waals surface area contributed by atoms with Crippen LogP contribution in [0.3, 0.4) is 0 Å². The van der Waals surface area contributed by atoms with E-state index in [1.807, 2.05) is 6.07 Å². The Balaban J connectivity index is 1.57. The largest absolute Gasteiger partial charge is 0.378 e. The summed E-state index contributed by atoms with van der Waals surface area (Å²) in [6.45, 7) is 2.30. The van der Waals surface area contributed by atoms with E-state index in [1.165, 1.54) is 17.3 Å². The molecule has 156 valence electrons. The van der Waals surface area contributed by atoms with Crippen LogP contribution in [0.1, 0.15) is 41.0 Å². The number of nitrogens with two attached hydrogens (primary N) is 1. The van der Waals surface area contributed by atoms with Gasteiger partial charge in [0.1, 0.15) is 0 Å². The van der Waals surface area contributed by atoms with Gasteiger partial charge in [0.2, 0.25) is 11.6 Å². The zero-order chi connectivity index (χ0) is 20.9. The minimum Gasteiger partial charge on any atom is -0.378 e. The summed E-state index contributed by atoms with van der Waals surface area (Å²) in [6.07, 6.45) is 4.89. The first-order valence-electron chi connectivity index (χ1n) is 9.46. The van der Waals surface area contributed by atoms with Crippen molar-refractivity contribution in [3.8, 4) is 5.82 Å². The average molecular weight is 430 g/mol. The highest BCUT2D eigenvalue weighted by Crippen LogP contribution is 2.19. The third-order valence-corrected chi connectivity index (χ3v) is 4.96. The molecule has 3 heterocycles. The monoisotopic (exact) mass is 429 g/mol. The van der Waals surface area contributed by atoms with Gasteiger partial charge in [0, 0.05) is 11.6 Å². The van der Waals surface area contributed by atoms with Gasteiger partial charge in [0.05, 0.1) is 11.9 Å². The molecule has 1 saturated heterocycles. The molecule has 3 N–H and O–H groups in total. The third kappa shape index (κ3) is 4.47. The Hall–Kier alpha value is -3.31. The fourth-order valence-corrected chi connectivity index (χ4v) is 3.46. The van der Waals surface area contributed by atoms with Gasteiger partial charge in [0.15, 0.2) is 5.69 Å². The second-order valence-electron chi connectivity index (χ2n) is 6.86. The summed E-state index contributed by atoms with van der Waals surface area (Å²) in [6, 6.07) is 7.10. The van der Waals surface area contributed by atoms with E-state index in [9.17, 15) is 4.79 Å². The first kappa shape index (κ1) is 20.0. The summed E-state index contributed by atoms with van der Waals surface area (Å²) >= 11 is 5.96. The number of nitrogens with zero attached hydrogens (tertiary/aromatic N) is 7. The molecule has 1 aliphatic rings. The van der Waals surface area contributed by atoms with Crippen molar-refractivity contribution in [3.63, 3.8) is 0 Å². The lowest BCUT2D eigenvalue weighted by Crippen LogP contribution is -2.31. The lowest BCUT2D eigenvalue weighted by molar-refractivity contribution is 0.0947. The van der Waals surface area contributed by atoms with Crippen LogP contribution in [0.4, 0.5) is 5.82 Å². The Morgan fingerprint density at radius 1 is 1.30 bits per heavy atom. The van der Waals surface area contributed by atoms with Gasteiger partial charge < -0.3 is 5.73 Å². The molecular weight excluding hydrogens is 410 g/mol. The molecule has 0 spiro atoms. The molecule has 12 heteroatoms. The Morgan fingerprint density at radius 2 is 2.13 bits per heavy atom. The van der Waals surface area contributed by atoms with Gasteiger partial charge in [-0.25, -0.2) is 10.1 Å². The molecule has 0 atom stereocenters. The summed E-state index contributed by atoms with van der Waals surface area (Å²) in [4.78, 5) is 15.0. The number of nitrogens with one attached hydrogen (secondary N) is 1. The molecule has 11 nitrogen and oxygen atoms in total. The molecular formula is C18H20ClN9O2. The molecule has 0 bridgehead atoms. The molecule has 1 amide bonds. The van der Waals surface area contributed by atoms with E-state index in [1.54, 1.807) is 18.2 Å². The molecule has 3 aromatic rings. The van der Waals surface area contributed by atoms with E-state index < -0.39 is 5.91 Å². The van der Waals surface area contributed by atoms with Gasteiger partial charge in [0.25, 0.3) is 5.91 Å². The number of anilines is 1. The van der Waals surface area contributed by atoms with Crippen LogP contribution in [-0.4, -0.2) is 55.4 Å². The van der Waals surface area contributed by atoms with E-state index in [4.69, 9.17) is 17.3 Å². The van der Waals surface area contributed by atoms with Crippen LogP contribution in [0.15, 0.2) is 34.0 Å². The minimum atomic E-state index is -0.499. The maximum Gasteiger partial charge on any atom is 0.293 e. The number of hydrogen-bond donors (Lipinski definition) is 2. The number of hydrogen-bond acceptors (Lipinski definition) is 9. The molecule has 30 heavy (non-hydrogen) atoms. The number of carbonyl (C=O) groups is 1. The van der Waals surface area contributed by atoms with Crippen molar-refractivity contribution >= 4 is 29.5 Å². The fraction of sp³-hybridized carbons (Fsp3) is 0.333. The van der Waals surface area contributed by atoms with E-state index in [-0.39, 0.29) is 17.3 Å². The SMILES string of the molecule is Nc1nonc1-n1nnc(C(=O)N/N=C\c2cccc(Cl)c2)c1CN1CCCCC1. The molecule has 1 aromatic carbocycles. The Morgan fingerprint density at radius 3 is 2.87 bits per heavy atom. The van der Waals surface area contributed by atoms with Crippen LogP contribution in [0.5, 0.6) is 0 Å². The Bertz CT molecular complexity index is 1060. The topological polar surface area (TPSA) is 140 Å². The van der Waals surface area contributed by atoms with E-state index in [2.05, 4.69) is 40.7 Å². The van der Waals surface area contributed by atoms with Crippen molar-refractivity contribution in [1.82, 2.24) is 35.6 Å². The maximum atomic E-state index is 12.8. The highest BCUT2D eigenvalue weighted by molar-refractivity contribution is 6.30. The summed E-state index contributed by atoms with van der Waals surface area (Å²) in [5.74, 6) is -0.247. The second kappa shape index (κ2) is 9.01. The van der Waals surface area contributed by atoms with Crippen LogP contribution in [0.2, 0.25) is 5.02 Å². The molecule has 1 aliphatic heterocycles. The van der Waals surface area contributed by atoms with Gasteiger partial charge >= 0.3 is 0 Å². The van der Waals surface area contributed by atoms with Crippen molar-refractivity contribution in [2.75, 3.05) is 18.8 Å². The Kier molecular flexibility index (Phi) is 6.00. The van der Waals surface area contributed by atoms with Gasteiger partial charge in [-0.15, -0.1) is 5.10 Å². The zero-order valence-corrected chi connectivity index (χ0v) is 16.8. The van der Waals surface area contributed by atoms with Crippen molar-refractivity contribution in [3.05, 3.63) is 46.2 Å². The fourth-order valence-electron chi connectivity index (χ4n) is 3.26. The molecule has 2 aromatic heterocycles. The van der Waals surface area contributed by atoms with Gasteiger partial charge in [-0.3, -0.25) is 9.69 Å². The summed E-state index contributed by atoms with van der Waals surface area (Å²) in [5, 5.41) is 20.0. The highest BCUT2D eigenvalue weighted by Gasteiger charge is 2.26. The average Bonchev–Trinajstić information content (AvgIpc) is 3.34. The number of piperidine rings is 1. The second-order valence-corrected chi connectivity index (χ2v) is 7.30. The first-order valence-corrected chi connectivity index (χ1v) is 9.84. The van der Waals surface area contributed by atoms with Gasteiger partial charge in [-0.2, -0.15) is 9.78 Å². The van der Waals surface area contributed by atoms with Crippen molar-refractivity contribution in [2.45, 2.75) is 25.8 Å². The number of aromatic nitrogens is 5. The molecule has 0 aliphatic carbocycles. The molecule has 0 unspecified atom stereocenters. The number of halogens is 1. The number of benzene rings is 1. The van der Waals surface area contributed by atoms with Crippen molar-refractivity contribution in [2.24, 2.45) is 5.10 Å². The number of carbonyl (C=O) groups excluding carboxylic acids is 1. The third-order valence-electron chi connectivity index (χ3n) is 4.72. The quantitative estimate of drug-likeness (QED) is 0.445. The lowest BCUT2D eigenvalue weighted by Gasteiger charge is -2.26. The molecule has 4 rings (SSSR count). The number of nitrogen functional groups attached to an aromatic ring is 1. The van der Waals surface area contributed by atoms with Crippen LogP contribution in [0, 0.1) is 0 Å². The van der Waals surface area contributed by atoms with Crippen LogP contribution < -0.4 is 11.2 Å². The zero-order valence-electron chi connectivity index (χ0n) is 16.0. The van der Waals surface area contributed by atoms with E-state index in [0.29, 0.717) is 17.3 Å².